The van der Waals surface area contributed by atoms with Crippen LogP contribution in [0.1, 0.15) is 16.7 Å². The Balaban J connectivity index is 2.22. The molecule has 7 heteroatoms. The molecule has 0 spiro atoms. The smallest absolute Gasteiger partial charge is 0.239 e. The summed E-state index contributed by atoms with van der Waals surface area (Å²) in [5, 5.41) is 14.3. The van der Waals surface area contributed by atoms with E-state index in [2.05, 4.69) is 21.2 Å². The molecule has 3 rings (SSSR count). The summed E-state index contributed by atoms with van der Waals surface area (Å²) in [6.07, 6.45) is 5.83. The van der Waals surface area contributed by atoms with Crippen molar-refractivity contribution in [2.24, 2.45) is 0 Å². The molecule has 0 radical (unpaired) electrons. The van der Waals surface area contributed by atoms with E-state index in [1.807, 2.05) is 0 Å². The van der Waals surface area contributed by atoms with E-state index in [9.17, 15) is 9.90 Å². The van der Waals surface area contributed by atoms with Crippen LogP contribution in [0.3, 0.4) is 0 Å². The molecule has 0 fully saturated rings. The van der Waals surface area contributed by atoms with Crippen LogP contribution in [-0.2, 0) is 10.4 Å². The van der Waals surface area contributed by atoms with E-state index in [0.29, 0.717) is 22.4 Å². The molecule has 0 atom stereocenters. The van der Waals surface area contributed by atoms with Crippen molar-refractivity contribution in [2.45, 2.75) is 5.60 Å². The normalized spacial score (nSPS) is 11.5. The number of anilines is 1. The predicted octanol–water partition coefficient (Wildman–Crippen LogP) is 4.10. The fraction of sp³-hybridized carbons (Fsp3) is 0.118. The molecular weight excluding hydrogens is 398 g/mol. The summed E-state index contributed by atoms with van der Waals surface area (Å²) >= 11 is 8.99. The summed E-state index contributed by atoms with van der Waals surface area (Å²) in [4.78, 5) is 11.7. The lowest BCUT2D eigenvalue weighted by molar-refractivity contribution is -0.113. The molecule has 2 aromatic heterocycles. The van der Waals surface area contributed by atoms with Crippen LogP contribution in [0.2, 0.25) is 0 Å². The first-order valence-corrected chi connectivity index (χ1v) is 8.32. The van der Waals surface area contributed by atoms with Crippen LogP contribution in [0.4, 0.5) is 5.69 Å². The Morgan fingerprint density at radius 1 is 1.17 bits per heavy atom. The second-order valence-electron chi connectivity index (χ2n) is 5.11. The number of amides is 1. The molecule has 3 aromatic rings. The average molecular weight is 411 g/mol. The number of carbonyl (C=O) groups is 1. The number of furan rings is 2. The van der Waals surface area contributed by atoms with Gasteiger partial charge in [-0.15, -0.1) is 11.6 Å². The Morgan fingerprint density at radius 3 is 2.29 bits per heavy atom. The monoisotopic (exact) mass is 409 g/mol. The third-order valence-electron chi connectivity index (χ3n) is 3.64. The maximum Gasteiger partial charge on any atom is 0.239 e. The second kappa shape index (κ2) is 6.84. The number of aliphatic hydroxyl groups is 1. The number of hydrogen-bond acceptors (Lipinski definition) is 4. The van der Waals surface area contributed by atoms with Crippen molar-refractivity contribution in [2.75, 3.05) is 11.2 Å². The van der Waals surface area contributed by atoms with Crippen LogP contribution in [0.15, 0.2) is 68.7 Å². The number of carbonyl (C=O) groups excluding carboxylic acids is 1. The highest BCUT2D eigenvalue weighted by atomic mass is 79.9. The highest BCUT2D eigenvalue weighted by Crippen LogP contribution is 2.41. The Bertz CT molecular complexity index is 796. The molecule has 2 N–H and O–H groups in total. The quantitative estimate of drug-likeness (QED) is 0.621. The van der Waals surface area contributed by atoms with Crippen molar-refractivity contribution in [1.29, 1.82) is 0 Å². The van der Waals surface area contributed by atoms with E-state index < -0.39 is 5.60 Å². The van der Waals surface area contributed by atoms with Crippen LogP contribution in [0.5, 0.6) is 0 Å². The van der Waals surface area contributed by atoms with Gasteiger partial charge in [0, 0.05) is 26.9 Å². The molecule has 0 aliphatic heterocycles. The molecule has 5 nitrogen and oxygen atoms in total. The highest BCUT2D eigenvalue weighted by Gasteiger charge is 2.38. The van der Waals surface area contributed by atoms with Gasteiger partial charge in [0.05, 0.1) is 25.1 Å². The first kappa shape index (κ1) is 16.8. The summed E-state index contributed by atoms with van der Waals surface area (Å²) in [5.41, 5.74) is 0.331. The van der Waals surface area contributed by atoms with Gasteiger partial charge < -0.3 is 19.3 Å². The van der Waals surface area contributed by atoms with Gasteiger partial charge in [0.2, 0.25) is 5.91 Å². The van der Waals surface area contributed by atoms with E-state index in [1.165, 1.54) is 25.1 Å². The zero-order chi connectivity index (χ0) is 17.2. The van der Waals surface area contributed by atoms with Gasteiger partial charge in [-0.3, -0.25) is 4.79 Å². The molecule has 1 aromatic carbocycles. The number of alkyl halides is 1. The minimum Gasteiger partial charge on any atom is -0.472 e. The fourth-order valence-electron chi connectivity index (χ4n) is 2.53. The lowest BCUT2D eigenvalue weighted by Crippen LogP contribution is -2.30. The molecule has 1 amide bonds. The van der Waals surface area contributed by atoms with Crippen LogP contribution in [0.25, 0.3) is 0 Å². The molecule has 124 valence electrons. The van der Waals surface area contributed by atoms with Crippen LogP contribution in [-0.4, -0.2) is 16.9 Å². The maximum atomic E-state index is 11.7. The second-order valence-corrected chi connectivity index (χ2v) is 6.29. The summed E-state index contributed by atoms with van der Waals surface area (Å²) in [7, 11) is 0. The number of nitrogens with one attached hydrogen (secondary N) is 1. The molecule has 0 aliphatic rings. The summed E-state index contributed by atoms with van der Waals surface area (Å²) in [6.45, 7) is 0. The number of rotatable bonds is 5. The topological polar surface area (TPSA) is 75.6 Å². The minimum absolute atomic E-state index is 0.189. The van der Waals surface area contributed by atoms with Crippen molar-refractivity contribution >= 4 is 39.1 Å². The van der Waals surface area contributed by atoms with E-state index in [1.54, 1.807) is 30.3 Å². The molecule has 24 heavy (non-hydrogen) atoms. The van der Waals surface area contributed by atoms with Crippen LogP contribution in [0, 0.1) is 0 Å². The maximum absolute atomic E-state index is 11.7. The van der Waals surface area contributed by atoms with Crippen molar-refractivity contribution in [3.63, 3.8) is 0 Å². The Hall–Kier alpha value is -2.02. The van der Waals surface area contributed by atoms with Gasteiger partial charge in [0.25, 0.3) is 0 Å². The lowest BCUT2D eigenvalue weighted by atomic mass is 9.82. The Labute approximate surface area is 151 Å². The third-order valence-corrected chi connectivity index (χ3v) is 4.38. The standard InChI is InChI=1S/C17H13BrClNO4/c18-13-1-2-15(20-16(21)8-19)14(7-13)17(22,11-3-5-23-9-11)12-4-6-24-10-12/h1-7,9-10,22H,8H2,(H,20,21). The third kappa shape index (κ3) is 3.00. The van der Waals surface area contributed by atoms with Gasteiger partial charge in [-0.25, -0.2) is 0 Å². The molecule has 0 aliphatic carbocycles. The van der Waals surface area contributed by atoms with Gasteiger partial charge in [0.15, 0.2) is 0 Å². The van der Waals surface area contributed by atoms with E-state index in [-0.39, 0.29) is 11.8 Å². The molecular formula is C17H13BrClNO4. The summed E-state index contributed by atoms with van der Waals surface area (Å²) in [5.74, 6) is -0.562. The zero-order valence-corrected chi connectivity index (χ0v) is 14.7. The van der Waals surface area contributed by atoms with E-state index in [0.717, 1.165) is 4.47 Å². The molecule has 0 bridgehead atoms. The Morgan fingerprint density at radius 2 is 1.79 bits per heavy atom. The van der Waals surface area contributed by atoms with Crippen molar-refractivity contribution in [3.8, 4) is 0 Å². The van der Waals surface area contributed by atoms with Gasteiger partial charge in [-0.2, -0.15) is 0 Å². The number of benzene rings is 1. The van der Waals surface area contributed by atoms with Crippen LogP contribution < -0.4 is 5.32 Å². The molecule has 0 saturated heterocycles. The van der Waals surface area contributed by atoms with Crippen molar-refractivity contribution in [3.05, 3.63) is 76.5 Å². The SMILES string of the molecule is O=C(CCl)Nc1ccc(Br)cc1C(O)(c1ccoc1)c1ccoc1. The zero-order valence-electron chi connectivity index (χ0n) is 12.3. The molecule has 0 unspecified atom stereocenters. The minimum atomic E-state index is -1.57. The molecule has 2 heterocycles. The van der Waals surface area contributed by atoms with E-state index >= 15 is 0 Å². The predicted molar refractivity (Wildman–Crippen MR) is 93.0 cm³/mol. The summed E-state index contributed by atoms with van der Waals surface area (Å²) in [6, 6.07) is 8.49. The first-order chi connectivity index (χ1) is 11.6. The first-order valence-electron chi connectivity index (χ1n) is 6.99. The van der Waals surface area contributed by atoms with Gasteiger partial charge in [-0.1, -0.05) is 15.9 Å². The average Bonchev–Trinajstić information content (AvgIpc) is 3.29. The van der Waals surface area contributed by atoms with E-state index in [4.69, 9.17) is 20.4 Å². The van der Waals surface area contributed by atoms with Gasteiger partial charge >= 0.3 is 0 Å². The lowest BCUT2D eigenvalue weighted by Gasteiger charge is -2.29. The number of hydrogen-bond donors (Lipinski definition) is 2. The summed E-state index contributed by atoms with van der Waals surface area (Å²) < 4.78 is 11.0. The van der Waals surface area contributed by atoms with Crippen molar-refractivity contribution < 1.29 is 18.7 Å². The highest BCUT2D eigenvalue weighted by molar-refractivity contribution is 9.10. The fourth-order valence-corrected chi connectivity index (χ4v) is 2.95. The Kier molecular flexibility index (Phi) is 4.80. The number of halogens is 2. The van der Waals surface area contributed by atoms with Crippen molar-refractivity contribution in [1.82, 2.24) is 0 Å². The molecule has 0 saturated carbocycles. The van der Waals surface area contributed by atoms with Gasteiger partial charge in [0.1, 0.15) is 11.5 Å². The largest absolute Gasteiger partial charge is 0.472 e. The van der Waals surface area contributed by atoms with Crippen LogP contribution >= 0.6 is 27.5 Å². The van der Waals surface area contributed by atoms with Gasteiger partial charge in [-0.05, 0) is 30.3 Å².